The van der Waals surface area contributed by atoms with Crippen molar-refractivity contribution in [3.8, 4) is 0 Å². The minimum atomic E-state index is -0.170. The molecule has 8 heteroatoms. The van der Waals surface area contributed by atoms with Crippen LogP contribution in [0.2, 0.25) is 0 Å². The van der Waals surface area contributed by atoms with E-state index in [0.717, 1.165) is 20.8 Å². The molecule has 6 nitrogen and oxygen atoms in total. The Labute approximate surface area is 165 Å². The first-order chi connectivity index (χ1) is 13.1. The van der Waals surface area contributed by atoms with Crippen LogP contribution in [0.5, 0.6) is 0 Å². The van der Waals surface area contributed by atoms with E-state index in [4.69, 9.17) is 4.74 Å². The van der Waals surface area contributed by atoms with Gasteiger partial charge in [-0.2, -0.15) is 4.99 Å². The Morgan fingerprint density at radius 2 is 2.15 bits per heavy atom. The second kappa shape index (κ2) is 9.07. The molecule has 1 N–H and O–H groups in total. The third-order valence-electron chi connectivity index (χ3n) is 3.79. The van der Waals surface area contributed by atoms with Crippen LogP contribution in [-0.4, -0.2) is 29.6 Å². The standard InChI is InChI=1S/C19H21N3O3S2/c1-3-25-9-8-22-16-7-6-14(20-13(2)23)11-17(16)27-19(22)21-18(24)12-15-5-4-10-26-15/h4-7,10-11H,3,8-9,12H2,1-2H3,(H,20,23). The van der Waals surface area contributed by atoms with Crippen molar-refractivity contribution in [2.45, 2.75) is 26.8 Å². The Kier molecular flexibility index (Phi) is 6.54. The fourth-order valence-corrected chi connectivity index (χ4v) is 4.47. The van der Waals surface area contributed by atoms with E-state index in [2.05, 4.69) is 10.3 Å². The molecule has 0 fully saturated rings. The lowest BCUT2D eigenvalue weighted by Gasteiger charge is -2.06. The molecule has 27 heavy (non-hydrogen) atoms. The van der Waals surface area contributed by atoms with Gasteiger partial charge in [0.15, 0.2) is 4.80 Å². The maximum Gasteiger partial charge on any atom is 0.253 e. The Balaban J connectivity index is 1.97. The molecule has 0 aliphatic carbocycles. The third kappa shape index (κ3) is 5.12. The zero-order valence-corrected chi connectivity index (χ0v) is 16.9. The second-order valence-corrected chi connectivity index (χ2v) is 7.90. The van der Waals surface area contributed by atoms with Crippen LogP contribution in [0.25, 0.3) is 10.2 Å². The van der Waals surface area contributed by atoms with Crippen LogP contribution in [-0.2, 0) is 27.3 Å². The van der Waals surface area contributed by atoms with Gasteiger partial charge in [-0.15, -0.1) is 11.3 Å². The van der Waals surface area contributed by atoms with Gasteiger partial charge in [-0.1, -0.05) is 17.4 Å². The van der Waals surface area contributed by atoms with E-state index in [1.807, 2.05) is 47.2 Å². The lowest BCUT2D eigenvalue weighted by atomic mass is 10.3. The van der Waals surface area contributed by atoms with Crippen LogP contribution in [0.15, 0.2) is 40.7 Å². The van der Waals surface area contributed by atoms with E-state index in [-0.39, 0.29) is 11.8 Å². The van der Waals surface area contributed by atoms with E-state index in [0.29, 0.717) is 31.0 Å². The summed E-state index contributed by atoms with van der Waals surface area (Å²) in [6.07, 6.45) is 0.300. The number of thiazole rings is 1. The van der Waals surface area contributed by atoms with E-state index in [9.17, 15) is 9.59 Å². The summed E-state index contributed by atoms with van der Waals surface area (Å²) in [7, 11) is 0. The van der Waals surface area contributed by atoms with Gasteiger partial charge in [-0.3, -0.25) is 9.59 Å². The molecule has 0 unspecified atom stereocenters. The molecule has 0 aliphatic heterocycles. The predicted molar refractivity (Wildman–Crippen MR) is 109 cm³/mol. The maximum atomic E-state index is 12.4. The summed E-state index contributed by atoms with van der Waals surface area (Å²) < 4.78 is 8.44. The van der Waals surface area contributed by atoms with E-state index in [1.54, 1.807) is 11.3 Å². The van der Waals surface area contributed by atoms with Gasteiger partial charge < -0.3 is 14.6 Å². The van der Waals surface area contributed by atoms with Crippen LogP contribution in [0, 0.1) is 0 Å². The van der Waals surface area contributed by atoms with Crippen molar-refractivity contribution in [2.75, 3.05) is 18.5 Å². The van der Waals surface area contributed by atoms with Crippen LogP contribution in [0.4, 0.5) is 5.69 Å². The summed E-state index contributed by atoms with van der Waals surface area (Å²) in [4.78, 5) is 29.7. The zero-order valence-electron chi connectivity index (χ0n) is 15.2. The highest BCUT2D eigenvalue weighted by molar-refractivity contribution is 7.16. The highest BCUT2D eigenvalue weighted by atomic mass is 32.1. The van der Waals surface area contributed by atoms with Crippen LogP contribution in [0.3, 0.4) is 0 Å². The van der Waals surface area contributed by atoms with Crippen molar-refractivity contribution in [3.63, 3.8) is 0 Å². The Bertz CT molecular complexity index is 1000. The number of rotatable bonds is 7. The maximum absolute atomic E-state index is 12.4. The smallest absolute Gasteiger partial charge is 0.253 e. The molecule has 2 heterocycles. The average molecular weight is 404 g/mol. The topological polar surface area (TPSA) is 72.7 Å². The van der Waals surface area contributed by atoms with Crippen molar-refractivity contribution in [2.24, 2.45) is 4.99 Å². The number of benzene rings is 1. The van der Waals surface area contributed by atoms with Gasteiger partial charge in [0.1, 0.15) is 0 Å². The first kappa shape index (κ1) is 19.5. The summed E-state index contributed by atoms with van der Waals surface area (Å²) >= 11 is 2.99. The van der Waals surface area contributed by atoms with Crippen molar-refractivity contribution < 1.29 is 14.3 Å². The minimum absolute atomic E-state index is 0.119. The summed E-state index contributed by atoms with van der Waals surface area (Å²) in [6.45, 7) is 5.22. The number of amides is 2. The molecule has 0 saturated carbocycles. The highest BCUT2D eigenvalue weighted by Crippen LogP contribution is 2.22. The zero-order chi connectivity index (χ0) is 19.2. The molecule has 0 bridgehead atoms. The van der Waals surface area contributed by atoms with Crippen molar-refractivity contribution in [1.29, 1.82) is 0 Å². The van der Waals surface area contributed by atoms with Gasteiger partial charge in [0.05, 0.1) is 23.2 Å². The summed E-state index contributed by atoms with van der Waals surface area (Å²) in [5.74, 6) is -0.289. The summed E-state index contributed by atoms with van der Waals surface area (Å²) in [5.41, 5.74) is 1.70. The van der Waals surface area contributed by atoms with E-state index in [1.165, 1.54) is 18.3 Å². The molecule has 0 saturated heterocycles. The lowest BCUT2D eigenvalue weighted by molar-refractivity contribution is -0.117. The molecule has 142 valence electrons. The van der Waals surface area contributed by atoms with Gasteiger partial charge in [-0.05, 0) is 36.6 Å². The highest BCUT2D eigenvalue weighted by Gasteiger charge is 2.10. The van der Waals surface area contributed by atoms with Gasteiger partial charge >= 0.3 is 0 Å². The Morgan fingerprint density at radius 3 is 2.85 bits per heavy atom. The molecule has 0 radical (unpaired) electrons. The number of anilines is 1. The molecule has 0 spiro atoms. The first-order valence-electron chi connectivity index (χ1n) is 8.65. The molecule has 1 aromatic carbocycles. The van der Waals surface area contributed by atoms with Crippen molar-refractivity contribution >= 4 is 50.4 Å². The second-order valence-electron chi connectivity index (χ2n) is 5.86. The summed E-state index contributed by atoms with van der Waals surface area (Å²) in [5, 5.41) is 4.74. The quantitative estimate of drug-likeness (QED) is 0.614. The number of nitrogens with one attached hydrogen (secondary N) is 1. The first-order valence-corrected chi connectivity index (χ1v) is 10.3. The fraction of sp³-hybridized carbons (Fsp3) is 0.316. The van der Waals surface area contributed by atoms with Gasteiger partial charge in [0, 0.05) is 30.6 Å². The predicted octanol–water partition coefficient (Wildman–Crippen LogP) is 3.43. The molecule has 0 atom stereocenters. The van der Waals surface area contributed by atoms with Gasteiger partial charge in [-0.25, -0.2) is 0 Å². The number of aromatic nitrogens is 1. The largest absolute Gasteiger partial charge is 0.380 e. The molecular formula is C19H21N3O3S2. The van der Waals surface area contributed by atoms with Gasteiger partial charge in [0.25, 0.3) is 5.91 Å². The molecule has 2 aromatic heterocycles. The number of ether oxygens (including phenoxy) is 1. The Hall–Kier alpha value is -2.29. The molecule has 2 amide bonds. The van der Waals surface area contributed by atoms with Gasteiger partial charge in [0.2, 0.25) is 5.91 Å². The third-order valence-corrected chi connectivity index (χ3v) is 5.71. The van der Waals surface area contributed by atoms with Crippen LogP contribution >= 0.6 is 22.7 Å². The van der Waals surface area contributed by atoms with Crippen LogP contribution < -0.4 is 10.1 Å². The van der Waals surface area contributed by atoms with Crippen LogP contribution in [0.1, 0.15) is 18.7 Å². The van der Waals surface area contributed by atoms with E-state index < -0.39 is 0 Å². The number of hydrogen-bond acceptors (Lipinski definition) is 5. The summed E-state index contributed by atoms with van der Waals surface area (Å²) in [6, 6.07) is 9.56. The molecular weight excluding hydrogens is 382 g/mol. The number of carbonyl (C=O) groups is 2. The lowest BCUT2D eigenvalue weighted by Crippen LogP contribution is -2.20. The molecule has 3 rings (SSSR count). The monoisotopic (exact) mass is 403 g/mol. The fourth-order valence-electron chi connectivity index (χ4n) is 2.66. The van der Waals surface area contributed by atoms with E-state index >= 15 is 0 Å². The normalized spacial score (nSPS) is 11.9. The molecule has 0 aliphatic rings. The number of carbonyl (C=O) groups excluding carboxylic acids is 2. The Morgan fingerprint density at radius 1 is 1.30 bits per heavy atom. The minimum Gasteiger partial charge on any atom is -0.380 e. The number of nitrogens with zero attached hydrogens (tertiary/aromatic N) is 2. The number of hydrogen-bond donors (Lipinski definition) is 1. The SMILES string of the molecule is CCOCCn1c(=NC(=O)Cc2cccs2)sc2cc(NC(C)=O)ccc21. The average Bonchev–Trinajstić information content (AvgIpc) is 3.22. The number of fused-ring (bicyclic) bond motifs is 1. The van der Waals surface area contributed by atoms with Crippen molar-refractivity contribution in [1.82, 2.24) is 4.57 Å². The molecule has 3 aromatic rings. The number of thiophene rings is 1. The van der Waals surface area contributed by atoms with Crippen molar-refractivity contribution in [3.05, 3.63) is 45.4 Å².